The number of ether oxygens (including phenoxy) is 2. The predicted octanol–water partition coefficient (Wildman–Crippen LogP) is 2.91. The second-order valence-electron chi connectivity index (χ2n) is 9.75. The van der Waals surface area contributed by atoms with Crippen LogP contribution in [0.15, 0.2) is 35.2 Å². The molecule has 3 heterocycles. The van der Waals surface area contributed by atoms with Crippen LogP contribution in [-0.2, 0) is 30.7 Å². The summed E-state index contributed by atoms with van der Waals surface area (Å²) in [6.07, 6.45) is 2.66. The standard InChI is InChI=1S/C27H35N7O6S2/c1-5-40-25(36)24-17(2)29-27(41-24)33-26-31-21(28-15-18-6-8-20(9-7-18)42(4,37)38)14-22(32-26)34-12-10-19(11-13-34)30-23(35)16-39-3/h6-9,14,19H,5,10-13,15-16H2,1-4H3,(H,30,35)(H2,28,29,31,32,33). The minimum atomic E-state index is -3.28. The maximum Gasteiger partial charge on any atom is 0.350 e. The number of hydrogen-bond acceptors (Lipinski definition) is 13. The summed E-state index contributed by atoms with van der Waals surface area (Å²) in [7, 11) is -1.79. The third kappa shape index (κ3) is 8.36. The van der Waals surface area contributed by atoms with Gasteiger partial charge in [-0.3, -0.25) is 10.1 Å². The number of hydrogen-bond donors (Lipinski definition) is 3. The van der Waals surface area contributed by atoms with E-state index in [0.717, 1.165) is 29.7 Å². The largest absolute Gasteiger partial charge is 0.462 e. The zero-order chi connectivity index (χ0) is 30.3. The van der Waals surface area contributed by atoms with Crippen LogP contribution in [0.1, 0.15) is 40.7 Å². The lowest BCUT2D eigenvalue weighted by Crippen LogP contribution is -2.45. The van der Waals surface area contributed by atoms with Gasteiger partial charge in [0.2, 0.25) is 11.9 Å². The number of thiazole rings is 1. The maximum absolute atomic E-state index is 12.3. The molecule has 0 saturated carbocycles. The molecule has 3 aromatic rings. The summed E-state index contributed by atoms with van der Waals surface area (Å²) in [4.78, 5) is 40.8. The minimum Gasteiger partial charge on any atom is -0.462 e. The van der Waals surface area contributed by atoms with Crippen molar-refractivity contribution in [3.63, 3.8) is 0 Å². The highest BCUT2D eigenvalue weighted by molar-refractivity contribution is 7.90. The number of methoxy groups -OCH3 is 1. The number of rotatable bonds is 12. The van der Waals surface area contributed by atoms with Crippen molar-refractivity contribution in [1.82, 2.24) is 20.3 Å². The first-order valence-electron chi connectivity index (χ1n) is 13.4. The molecule has 1 aliphatic heterocycles. The molecule has 2 aromatic heterocycles. The molecule has 0 bridgehead atoms. The summed E-state index contributed by atoms with van der Waals surface area (Å²) >= 11 is 1.16. The van der Waals surface area contributed by atoms with Gasteiger partial charge in [0.05, 0.1) is 17.2 Å². The van der Waals surface area contributed by atoms with Crippen molar-refractivity contribution in [2.75, 3.05) is 55.2 Å². The summed E-state index contributed by atoms with van der Waals surface area (Å²) < 4.78 is 33.6. The normalized spacial score (nSPS) is 14.0. The Bertz CT molecular complexity index is 1500. The van der Waals surface area contributed by atoms with E-state index in [0.29, 0.717) is 52.9 Å². The summed E-state index contributed by atoms with van der Waals surface area (Å²) in [5.74, 6) is 0.954. The molecule has 1 amide bonds. The number of amides is 1. The molecule has 1 aliphatic rings. The van der Waals surface area contributed by atoms with Crippen LogP contribution in [0.3, 0.4) is 0 Å². The predicted molar refractivity (Wildman–Crippen MR) is 160 cm³/mol. The molecule has 15 heteroatoms. The van der Waals surface area contributed by atoms with Crippen LogP contribution in [0.4, 0.5) is 22.7 Å². The monoisotopic (exact) mass is 617 g/mol. The number of aryl methyl sites for hydroxylation is 1. The van der Waals surface area contributed by atoms with Gasteiger partial charge < -0.3 is 25.0 Å². The van der Waals surface area contributed by atoms with Crippen molar-refractivity contribution in [2.24, 2.45) is 0 Å². The average Bonchev–Trinajstić information content (AvgIpc) is 3.32. The highest BCUT2D eigenvalue weighted by Gasteiger charge is 2.23. The molecular formula is C27H35N7O6S2. The van der Waals surface area contributed by atoms with Crippen molar-refractivity contribution >= 4 is 55.8 Å². The fourth-order valence-electron chi connectivity index (χ4n) is 4.37. The van der Waals surface area contributed by atoms with Gasteiger partial charge in [-0.1, -0.05) is 23.5 Å². The molecule has 0 spiro atoms. The number of nitrogens with one attached hydrogen (secondary N) is 3. The van der Waals surface area contributed by atoms with Crippen molar-refractivity contribution in [3.8, 4) is 0 Å². The SMILES string of the molecule is CCOC(=O)c1sc(Nc2nc(NCc3ccc(S(C)(=O)=O)cc3)cc(N3CCC(NC(=O)COC)CC3)n2)nc1C. The van der Waals surface area contributed by atoms with Crippen LogP contribution in [0, 0.1) is 6.92 Å². The van der Waals surface area contributed by atoms with Crippen LogP contribution >= 0.6 is 11.3 Å². The maximum atomic E-state index is 12.3. The van der Waals surface area contributed by atoms with Gasteiger partial charge in [0.1, 0.15) is 23.1 Å². The molecule has 13 nitrogen and oxygen atoms in total. The molecule has 1 saturated heterocycles. The van der Waals surface area contributed by atoms with Crippen LogP contribution in [0.5, 0.6) is 0 Å². The Balaban J connectivity index is 1.53. The summed E-state index contributed by atoms with van der Waals surface area (Å²) in [6.45, 7) is 5.52. The van der Waals surface area contributed by atoms with E-state index in [1.807, 2.05) is 6.07 Å². The smallest absolute Gasteiger partial charge is 0.350 e. The zero-order valence-corrected chi connectivity index (χ0v) is 25.6. The van der Waals surface area contributed by atoms with E-state index in [9.17, 15) is 18.0 Å². The fourth-order valence-corrected chi connectivity index (χ4v) is 5.86. The Hall–Kier alpha value is -3.82. The number of aromatic nitrogens is 3. The van der Waals surface area contributed by atoms with Gasteiger partial charge in [0.15, 0.2) is 15.0 Å². The number of benzene rings is 1. The Morgan fingerprint density at radius 3 is 2.48 bits per heavy atom. The summed E-state index contributed by atoms with van der Waals surface area (Å²) in [5.41, 5.74) is 1.42. The number of nitrogens with zero attached hydrogens (tertiary/aromatic N) is 4. The minimum absolute atomic E-state index is 0.0290. The molecule has 42 heavy (non-hydrogen) atoms. The molecule has 0 aliphatic carbocycles. The van der Waals surface area contributed by atoms with Crippen LogP contribution < -0.4 is 20.9 Å². The van der Waals surface area contributed by atoms with E-state index in [2.05, 4.69) is 30.8 Å². The Kier molecular flexibility index (Phi) is 10.3. The summed E-state index contributed by atoms with van der Waals surface area (Å²) in [5, 5.41) is 9.87. The molecule has 226 valence electrons. The van der Waals surface area contributed by atoms with Gasteiger partial charge in [-0.2, -0.15) is 9.97 Å². The molecule has 0 atom stereocenters. The first-order valence-corrected chi connectivity index (χ1v) is 16.1. The molecule has 4 rings (SSSR count). The quantitative estimate of drug-likeness (QED) is 0.255. The van der Waals surface area contributed by atoms with E-state index in [4.69, 9.17) is 14.5 Å². The molecular weight excluding hydrogens is 582 g/mol. The highest BCUT2D eigenvalue weighted by atomic mass is 32.2. The summed E-state index contributed by atoms with van der Waals surface area (Å²) in [6, 6.07) is 8.55. The van der Waals surface area contributed by atoms with Gasteiger partial charge in [0, 0.05) is 45.1 Å². The first kappa shape index (κ1) is 31.1. The molecule has 1 fully saturated rings. The van der Waals surface area contributed by atoms with E-state index in [1.54, 1.807) is 38.1 Å². The first-order chi connectivity index (χ1) is 20.0. The number of esters is 1. The highest BCUT2D eigenvalue weighted by Crippen LogP contribution is 2.28. The number of carbonyl (C=O) groups is 2. The van der Waals surface area contributed by atoms with Gasteiger partial charge in [-0.25, -0.2) is 18.2 Å². The van der Waals surface area contributed by atoms with Crippen molar-refractivity contribution in [3.05, 3.63) is 46.5 Å². The van der Waals surface area contributed by atoms with Crippen LogP contribution in [0.25, 0.3) is 0 Å². The number of anilines is 4. The lowest BCUT2D eigenvalue weighted by molar-refractivity contribution is -0.125. The van der Waals surface area contributed by atoms with Gasteiger partial charge in [0.25, 0.3) is 0 Å². The van der Waals surface area contributed by atoms with Crippen LogP contribution in [0.2, 0.25) is 0 Å². The van der Waals surface area contributed by atoms with E-state index in [-0.39, 0.29) is 30.1 Å². The van der Waals surface area contributed by atoms with E-state index >= 15 is 0 Å². The van der Waals surface area contributed by atoms with E-state index in [1.165, 1.54) is 13.4 Å². The second kappa shape index (κ2) is 13.9. The van der Waals surface area contributed by atoms with Gasteiger partial charge in [-0.05, 0) is 44.4 Å². The topological polar surface area (TPSA) is 165 Å². The van der Waals surface area contributed by atoms with Crippen molar-refractivity contribution < 1.29 is 27.5 Å². The fraction of sp³-hybridized carbons (Fsp3) is 0.444. The zero-order valence-electron chi connectivity index (χ0n) is 24.0. The molecule has 0 unspecified atom stereocenters. The lowest BCUT2D eigenvalue weighted by atomic mass is 10.1. The average molecular weight is 618 g/mol. The molecule has 1 aromatic carbocycles. The third-order valence-corrected chi connectivity index (χ3v) is 8.65. The van der Waals surface area contributed by atoms with Crippen LogP contribution in [-0.4, -0.2) is 81.0 Å². The second-order valence-corrected chi connectivity index (χ2v) is 12.8. The van der Waals surface area contributed by atoms with Crippen molar-refractivity contribution in [1.29, 1.82) is 0 Å². The lowest BCUT2D eigenvalue weighted by Gasteiger charge is -2.33. The van der Waals surface area contributed by atoms with E-state index < -0.39 is 15.8 Å². The number of carbonyl (C=O) groups excluding carboxylic acids is 2. The number of sulfone groups is 1. The third-order valence-electron chi connectivity index (χ3n) is 6.47. The van der Waals surface area contributed by atoms with Gasteiger partial charge >= 0.3 is 5.97 Å². The molecule has 3 N–H and O–H groups in total. The Morgan fingerprint density at radius 1 is 1.12 bits per heavy atom. The van der Waals surface area contributed by atoms with Crippen molar-refractivity contribution in [2.45, 2.75) is 44.2 Å². The Labute approximate surface area is 249 Å². The van der Waals surface area contributed by atoms with Gasteiger partial charge in [-0.15, -0.1) is 0 Å². The molecule has 0 radical (unpaired) electrons. The Morgan fingerprint density at radius 2 is 1.83 bits per heavy atom. The number of piperidine rings is 1.